The number of nitrogens with one attached hydrogen (secondary N) is 1. The number of aryl methyl sites for hydroxylation is 2. The average molecular weight is 343 g/mol. The van der Waals surface area contributed by atoms with E-state index in [1.54, 1.807) is 32.2 Å². The normalized spacial score (nSPS) is 16.7. The van der Waals surface area contributed by atoms with Crippen molar-refractivity contribution in [1.82, 2.24) is 10.3 Å². The van der Waals surface area contributed by atoms with E-state index in [1.807, 2.05) is 13.0 Å². The van der Waals surface area contributed by atoms with Crippen LogP contribution in [0.2, 0.25) is 0 Å². The average Bonchev–Trinajstić information content (AvgIpc) is 3.23. The van der Waals surface area contributed by atoms with E-state index in [0.29, 0.717) is 16.9 Å². The summed E-state index contributed by atoms with van der Waals surface area (Å²) in [6, 6.07) is 5.45. The van der Waals surface area contributed by atoms with Crippen LogP contribution in [0.4, 0.5) is 5.82 Å². The molecule has 134 valence electrons. The molecule has 6 heteroatoms. The molecule has 1 amide bonds. The van der Waals surface area contributed by atoms with Gasteiger partial charge in [0.15, 0.2) is 0 Å². The molecule has 0 saturated carbocycles. The van der Waals surface area contributed by atoms with Gasteiger partial charge in [-0.2, -0.15) is 0 Å². The number of rotatable bonds is 5. The molecule has 1 atom stereocenters. The first-order valence-corrected chi connectivity index (χ1v) is 8.66. The van der Waals surface area contributed by atoms with Crippen LogP contribution in [0.3, 0.4) is 0 Å². The predicted octanol–water partition coefficient (Wildman–Crippen LogP) is 2.53. The Hall–Kier alpha value is -2.34. The summed E-state index contributed by atoms with van der Waals surface area (Å²) in [5.74, 6) is 2.05. The third-order valence-corrected chi connectivity index (χ3v) is 4.65. The van der Waals surface area contributed by atoms with E-state index < -0.39 is 5.60 Å². The minimum atomic E-state index is -1.19. The second-order valence-corrected chi connectivity index (χ2v) is 6.88. The summed E-state index contributed by atoms with van der Waals surface area (Å²) < 4.78 is 5.47. The highest BCUT2D eigenvalue weighted by molar-refractivity contribution is 5.94. The van der Waals surface area contributed by atoms with Gasteiger partial charge in [-0.1, -0.05) is 0 Å². The fourth-order valence-electron chi connectivity index (χ4n) is 3.27. The van der Waals surface area contributed by atoms with Crippen LogP contribution >= 0.6 is 0 Å². The zero-order valence-electron chi connectivity index (χ0n) is 15.0. The van der Waals surface area contributed by atoms with Gasteiger partial charge in [-0.15, -0.1) is 0 Å². The molecular formula is C19H25N3O3. The van der Waals surface area contributed by atoms with Crippen molar-refractivity contribution in [3.05, 3.63) is 47.0 Å². The minimum Gasteiger partial charge on any atom is -0.466 e. The van der Waals surface area contributed by atoms with Crippen LogP contribution in [0.25, 0.3) is 0 Å². The van der Waals surface area contributed by atoms with Crippen molar-refractivity contribution in [3.63, 3.8) is 0 Å². The summed E-state index contributed by atoms with van der Waals surface area (Å²) in [4.78, 5) is 19.0. The second kappa shape index (κ2) is 6.88. The Balaban J connectivity index is 1.62. The van der Waals surface area contributed by atoms with Gasteiger partial charge in [-0.05, 0) is 51.8 Å². The quantitative estimate of drug-likeness (QED) is 0.872. The van der Waals surface area contributed by atoms with Crippen molar-refractivity contribution in [2.45, 2.75) is 39.2 Å². The minimum absolute atomic E-state index is 0.0967. The van der Waals surface area contributed by atoms with E-state index >= 15 is 0 Å². The molecule has 2 N–H and O–H groups in total. The molecule has 0 spiro atoms. The Morgan fingerprint density at radius 1 is 1.36 bits per heavy atom. The molecule has 1 fully saturated rings. The van der Waals surface area contributed by atoms with Crippen LogP contribution < -0.4 is 10.2 Å². The number of nitrogens with zero attached hydrogens (tertiary/aromatic N) is 2. The smallest absolute Gasteiger partial charge is 0.252 e. The summed E-state index contributed by atoms with van der Waals surface area (Å²) in [5.41, 5.74) is -0.0212. The highest BCUT2D eigenvalue weighted by Gasteiger charge is 2.28. The monoisotopic (exact) mass is 343 g/mol. The molecule has 2 aromatic rings. The van der Waals surface area contributed by atoms with Crippen molar-refractivity contribution in [1.29, 1.82) is 0 Å². The molecule has 0 unspecified atom stereocenters. The molecule has 0 aromatic carbocycles. The van der Waals surface area contributed by atoms with E-state index in [-0.39, 0.29) is 12.5 Å². The van der Waals surface area contributed by atoms with Gasteiger partial charge in [0.05, 0.1) is 12.1 Å². The number of carbonyl (C=O) groups excluding carboxylic acids is 1. The zero-order chi connectivity index (χ0) is 18.0. The fraction of sp³-hybridized carbons (Fsp3) is 0.474. The highest BCUT2D eigenvalue weighted by Crippen LogP contribution is 2.26. The summed E-state index contributed by atoms with van der Waals surface area (Å²) in [6.07, 6.45) is 3.96. The van der Waals surface area contributed by atoms with Crippen molar-refractivity contribution in [3.8, 4) is 0 Å². The lowest BCUT2D eigenvalue weighted by molar-refractivity contribution is 0.0514. The molecule has 6 nitrogen and oxygen atoms in total. The summed E-state index contributed by atoms with van der Waals surface area (Å²) in [7, 11) is 0. The van der Waals surface area contributed by atoms with Crippen LogP contribution in [0.1, 0.15) is 47.2 Å². The third-order valence-electron chi connectivity index (χ3n) is 4.65. The molecule has 0 radical (unpaired) electrons. The van der Waals surface area contributed by atoms with Crippen LogP contribution in [-0.4, -0.2) is 35.6 Å². The number of furan rings is 1. The number of anilines is 1. The number of carbonyl (C=O) groups is 1. The van der Waals surface area contributed by atoms with Crippen LogP contribution in [0.5, 0.6) is 0 Å². The van der Waals surface area contributed by atoms with Gasteiger partial charge in [0.1, 0.15) is 22.9 Å². The van der Waals surface area contributed by atoms with E-state index in [4.69, 9.17) is 4.42 Å². The van der Waals surface area contributed by atoms with E-state index in [2.05, 4.69) is 15.2 Å². The molecular weight excluding hydrogens is 318 g/mol. The standard InChI is InChI=1S/C19H25N3O3/c1-13-10-16(14(2)25-13)19(3,24)12-21-18(23)15-6-7-17(20-11-15)22-8-4-5-9-22/h6-7,10-11,24H,4-5,8-9,12H2,1-3H3,(H,21,23)/t19-/m0/s1. The first-order chi connectivity index (χ1) is 11.9. The molecule has 3 rings (SSSR count). The third kappa shape index (κ3) is 3.85. The van der Waals surface area contributed by atoms with Gasteiger partial charge < -0.3 is 19.7 Å². The lowest BCUT2D eigenvalue weighted by atomic mass is 9.96. The first-order valence-electron chi connectivity index (χ1n) is 8.66. The van der Waals surface area contributed by atoms with Crippen molar-refractivity contribution in [2.75, 3.05) is 24.5 Å². The maximum absolute atomic E-state index is 12.3. The van der Waals surface area contributed by atoms with Gasteiger partial charge >= 0.3 is 0 Å². The summed E-state index contributed by atoms with van der Waals surface area (Å²) >= 11 is 0. The number of pyridine rings is 1. The number of aliphatic hydroxyl groups is 1. The van der Waals surface area contributed by atoms with Crippen molar-refractivity contribution in [2.24, 2.45) is 0 Å². The second-order valence-electron chi connectivity index (χ2n) is 6.88. The van der Waals surface area contributed by atoms with Gasteiger partial charge in [0.2, 0.25) is 0 Å². The maximum atomic E-state index is 12.3. The van der Waals surface area contributed by atoms with Gasteiger partial charge in [-0.25, -0.2) is 4.98 Å². The fourth-order valence-corrected chi connectivity index (χ4v) is 3.27. The zero-order valence-corrected chi connectivity index (χ0v) is 15.0. The molecule has 0 aliphatic carbocycles. The first kappa shape index (κ1) is 17.5. The molecule has 1 aliphatic rings. The molecule has 2 aromatic heterocycles. The topological polar surface area (TPSA) is 78.6 Å². The number of hydrogen-bond donors (Lipinski definition) is 2. The Morgan fingerprint density at radius 3 is 2.64 bits per heavy atom. The number of aromatic nitrogens is 1. The summed E-state index contributed by atoms with van der Waals surface area (Å²) in [6.45, 7) is 7.44. The largest absolute Gasteiger partial charge is 0.466 e. The van der Waals surface area contributed by atoms with E-state index in [9.17, 15) is 9.90 Å². The number of hydrogen-bond acceptors (Lipinski definition) is 5. The Labute approximate surface area is 147 Å². The van der Waals surface area contributed by atoms with Crippen molar-refractivity contribution < 1.29 is 14.3 Å². The van der Waals surface area contributed by atoms with Crippen LogP contribution in [0, 0.1) is 13.8 Å². The molecule has 3 heterocycles. The van der Waals surface area contributed by atoms with Gasteiger partial charge in [0, 0.05) is 24.8 Å². The lowest BCUT2D eigenvalue weighted by Gasteiger charge is -2.23. The van der Waals surface area contributed by atoms with Crippen LogP contribution in [-0.2, 0) is 5.60 Å². The Kier molecular flexibility index (Phi) is 4.81. The predicted molar refractivity (Wildman–Crippen MR) is 95.8 cm³/mol. The van der Waals surface area contributed by atoms with E-state index in [1.165, 1.54) is 12.8 Å². The lowest BCUT2D eigenvalue weighted by Crippen LogP contribution is -2.38. The molecule has 0 bridgehead atoms. The number of amides is 1. The summed E-state index contributed by atoms with van der Waals surface area (Å²) in [5, 5.41) is 13.4. The molecule has 25 heavy (non-hydrogen) atoms. The highest BCUT2D eigenvalue weighted by atomic mass is 16.3. The Morgan fingerprint density at radius 2 is 2.08 bits per heavy atom. The van der Waals surface area contributed by atoms with Gasteiger partial charge in [-0.3, -0.25) is 4.79 Å². The van der Waals surface area contributed by atoms with Gasteiger partial charge in [0.25, 0.3) is 5.91 Å². The van der Waals surface area contributed by atoms with E-state index in [0.717, 1.165) is 24.7 Å². The maximum Gasteiger partial charge on any atom is 0.252 e. The SMILES string of the molecule is Cc1cc([C@@](C)(O)CNC(=O)c2ccc(N3CCCC3)nc2)c(C)o1. The molecule has 1 aliphatic heterocycles. The van der Waals surface area contributed by atoms with Crippen LogP contribution in [0.15, 0.2) is 28.8 Å². The Bertz CT molecular complexity index is 744. The molecule has 1 saturated heterocycles. The van der Waals surface area contributed by atoms with Crippen molar-refractivity contribution >= 4 is 11.7 Å².